The lowest BCUT2D eigenvalue weighted by atomic mass is 9.92. The first-order chi connectivity index (χ1) is 18.8. The quantitative estimate of drug-likeness (QED) is 0.514. The molecule has 3 saturated heterocycles. The average Bonchev–Trinajstić information content (AvgIpc) is 3.69. The monoisotopic (exact) mass is 547 g/mol. The molecule has 0 spiro atoms. The van der Waals surface area contributed by atoms with Crippen LogP contribution >= 0.6 is 0 Å². The van der Waals surface area contributed by atoms with Crippen LogP contribution in [-0.4, -0.2) is 91.8 Å². The predicted molar refractivity (Wildman–Crippen MR) is 136 cm³/mol. The molecular formula is C25H32F3N9O2. The molecule has 1 atom stereocenters. The number of aromatic nitrogens is 5. The molecule has 11 nitrogen and oxygen atoms in total. The number of hydrogen-bond donors (Lipinski definition) is 1. The summed E-state index contributed by atoms with van der Waals surface area (Å²) in [6, 6.07) is 3.11. The molecule has 1 amide bonds. The minimum absolute atomic E-state index is 0.0525. The highest BCUT2D eigenvalue weighted by Crippen LogP contribution is 2.35. The summed E-state index contributed by atoms with van der Waals surface area (Å²) in [5.41, 5.74) is 6.17. The lowest BCUT2D eigenvalue weighted by molar-refractivity contribution is -0.185. The number of carbonyl (C=O) groups is 1. The van der Waals surface area contributed by atoms with Crippen molar-refractivity contribution >= 4 is 23.6 Å². The number of amides is 1. The van der Waals surface area contributed by atoms with Crippen LogP contribution in [0.3, 0.4) is 0 Å². The maximum atomic E-state index is 13.6. The number of piperidine rings is 2. The fourth-order valence-electron chi connectivity index (χ4n) is 6.05. The first-order valence-corrected chi connectivity index (χ1v) is 13.5. The Morgan fingerprint density at radius 2 is 1.79 bits per heavy atom. The SMILES string of the molecule is Nc1nc(N2CCCC2C(=O)N2CCC(CN3CCC(C(F)(F)F)CC3)CC2)nc2nc(-c3ccco3)nn12. The van der Waals surface area contributed by atoms with E-state index in [0.717, 1.165) is 25.8 Å². The van der Waals surface area contributed by atoms with E-state index in [9.17, 15) is 18.0 Å². The smallest absolute Gasteiger partial charge is 0.391 e. The number of halogens is 3. The molecule has 6 rings (SSSR count). The lowest BCUT2D eigenvalue weighted by Gasteiger charge is -2.39. The average molecular weight is 548 g/mol. The van der Waals surface area contributed by atoms with Crippen molar-refractivity contribution in [3.63, 3.8) is 0 Å². The number of nitrogens with zero attached hydrogens (tertiary/aromatic N) is 8. The van der Waals surface area contributed by atoms with Crippen LogP contribution in [0.2, 0.25) is 0 Å². The Hall–Kier alpha value is -3.42. The number of alkyl halides is 3. The van der Waals surface area contributed by atoms with Crippen molar-refractivity contribution in [2.75, 3.05) is 49.9 Å². The molecule has 14 heteroatoms. The molecule has 3 fully saturated rings. The van der Waals surface area contributed by atoms with Crippen LogP contribution in [0.15, 0.2) is 22.8 Å². The highest BCUT2D eigenvalue weighted by Gasteiger charge is 2.42. The molecular weight excluding hydrogens is 515 g/mol. The van der Waals surface area contributed by atoms with Gasteiger partial charge in [-0.05, 0) is 69.7 Å². The molecule has 0 aromatic carbocycles. The van der Waals surface area contributed by atoms with E-state index in [1.54, 1.807) is 12.1 Å². The van der Waals surface area contributed by atoms with E-state index in [-0.39, 0.29) is 36.5 Å². The van der Waals surface area contributed by atoms with E-state index >= 15 is 0 Å². The van der Waals surface area contributed by atoms with Gasteiger partial charge in [0.25, 0.3) is 5.78 Å². The maximum Gasteiger partial charge on any atom is 0.391 e. The summed E-state index contributed by atoms with van der Waals surface area (Å²) in [7, 11) is 0. The molecule has 0 radical (unpaired) electrons. The normalized spacial score (nSPS) is 22.3. The largest absolute Gasteiger partial charge is 0.461 e. The second-order valence-electron chi connectivity index (χ2n) is 10.7. The van der Waals surface area contributed by atoms with Crippen LogP contribution in [0.25, 0.3) is 17.4 Å². The molecule has 39 heavy (non-hydrogen) atoms. The summed E-state index contributed by atoms with van der Waals surface area (Å²) in [5, 5.41) is 4.33. The summed E-state index contributed by atoms with van der Waals surface area (Å²) in [5.74, 6) is 0.858. The Kier molecular flexibility index (Phi) is 6.81. The number of furan rings is 1. The molecule has 3 aliphatic heterocycles. The summed E-state index contributed by atoms with van der Waals surface area (Å²) >= 11 is 0. The van der Waals surface area contributed by atoms with Gasteiger partial charge in [0.1, 0.15) is 6.04 Å². The number of nitrogens with two attached hydrogens (primary N) is 1. The summed E-state index contributed by atoms with van der Waals surface area (Å²) in [6.07, 6.45) is 1.03. The number of rotatable bonds is 5. The summed E-state index contributed by atoms with van der Waals surface area (Å²) < 4.78 is 45.6. The van der Waals surface area contributed by atoms with E-state index in [4.69, 9.17) is 10.2 Å². The minimum atomic E-state index is -4.09. The molecule has 0 bridgehead atoms. The van der Waals surface area contributed by atoms with Gasteiger partial charge in [0.15, 0.2) is 5.76 Å². The summed E-state index contributed by atoms with van der Waals surface area (Å²) in [6.45, 7) is 3.70. The predicted octanol–water partition coefficient (Wildman–Crippen LogP) is 2.84. The van der Waals surface area contributed by atoms with Crippen molar-refractivity contribution < 1.29 is 22.4 Å². The minimum Gasteiger partial charge on any atom is -0.461 e. The molecule has 3 aromatic rings. The van der Waals surface area contributed by atoms with Gasteiger partial charge >= 0.3 is 6.18 Å². The standard InChI is InChI=1S/C25H32F3N9O2/c26-25(27,28)17-7-10-34(11-8-17)15-16-5-12-35(13-6-16)21(38)18-3-1-9-36(18)23-31-22(29)37-24(32-23)30-20(33-37)19-4-2-14-39-19/h2,4,14,16-18H,1,3,5-13,15H2,(H2,29,30,31,32,33). The third-order valence-corrected chi connectivity index (χ3v) is 8.25. The van der Waals surface area contributed by atoms with Crippen molar-refractivity contribution in [1.82, 2.24) is 34.4 Å². The molecule has 1 unspecified atom stereocenters. The van der Waals surface area contributed by atoms with Gasteiger partial charge in [0, 0.05) is 26.2 Å². The second-order valence-corrected chi connectivity index (χ2v) is 10.7. The fourth-order valence-corrected chi connectivity index (χ4v) is 6.05. The van der Waals surface area contributed by atoms with Crippen LogP contribution in [0, 0.1) is 11.8 Å². The van der Waals surface area contributed by atoms with Crippen molar-refractivity contribution in [2.24, 2.45) is 11.8 Å². The zero-order valence-electron chi connectivity index (χ0n) is 21.6. The first kappa shape index (κ1) is 25.8. The van der Waals surface area contributed by atoms with Crippen LogP contribution in [0.4, 0.5) is 25.1 Å². The van der Waals surface area contributed by atoms with Crippen LogP contribution < -0.4 is 10.6 Å². The van der Waals surface area contributed by atoms with Crippen molar-refractivity contribution in [1.29, 1.82) is 0 Å². The number of fused-ring (bicyclic) bond motifs is 1. The fraction of sp³-hybridized carbons (Fsp3) is 0.640. The Balaban J connectivity index is 1.07. The van der Waals surface area contributed by atoms with Gasteiger partial charge < -0.3 is 24.9 Å². The summed E-state index contributed by atoms with van der Waals surface area (Å²) in [4.78, 5) is 32.9. The van der Waals surface area contributed by atoms with E-state index in [2.05, 4.69) is 25.0 Å². The van der Waals surface area contributed by atoms with E-state index in [1.807, 2.05) is 9.80 Å². The Labute approximate surface area is 223 Å². The molecule has 3 aromatic heterocycles. The number of nitrogen functional groups attached to an aromatic ring is 1. The van der Waals surface area contributed by atoms with Crippen molar-refractivity contribution in [2.45, 2.75) is 50.7 Å². The van der Waals surface area contributed by atoms with Gasteiger partial charge in [-0.3, -0.25) is 4.79 Å². The second kappa shape index (κ2) is 10.3. The molecule has 210 valence electrons. The number of hydrogen-bond acceptors (Lipinski definition) is 9. The van der Waals surface area contributed by atoms with Crippen molar-refractivity contribution in [3.8, 4) is 11.6 Å². The van der Waals surface area contributed by atoms with Gasteiger partial charge in [-0.2, -0.15) is 32.6 Å². The third kappa shape index (κ3) is 5.25. The van der Waals surface area contributed by atoms with Crippen LogP contribution in [0.5, 0.6) is 0 Å². The Morgan fingerprint density at radius 1 is 1.03 bits per heavy atom. The lowest BCUT2D eigenvalue weighted by Crippen LogP contribution is -2.50. The maximum absolute atomic E-state index is 13.6. The molecule has 0 aliphatic carbocycles. The van der Waals surface area contributed by atoms with E-state index in [1.165, 1.54) is 10.8 Å². The highest BCUT2D eigenvalue weighted by molar-refractivity contribution is 5.85. The van der Waals surface area contributed by atoms with Crippen molar-refractivity contribution in [3.05, 3.63) is 18.4 Å². The van der Waals surface area contributed by atoms with Crippen LogP contribution in [0.1, 0.15) is 38.5 Å². The van der Waals surface area contributed by atoms with Gasteiger partial charge in [0.2, 0.25) is 23.6 Å². The van der Waals surface area contributed by atoms with Gasteiger partial charge in [0.05, 0.1) is 12.2 Å². The number of carbonyl (C=O) groups excluding carboxylic acids is 1. The number of likely N-dealkylation sites (tertiary alicyclic amines) is 2. The third-order valence-electron chi connectivity index (χ3n) is 8.25. The molecule has 6 heterocycles. The zero-order valence-corrected chi connectivity index (χ0v) is 21.6. The van der Waals surface area contributed by atoms with Gasteiger partial charge in [-0.15, -0.1) is 5.10 Å². The topological polar surface area (TPSA) is 122 Å². The van der Waals surface area contributed by atoms with Gasteiger partial charge in [-0.25, -0.2) is 0 Å². The first-order valence-electron chi connectivity index (χ1n) is 13.5. The molecule has 2 N–H and O–H groups in total. The molecule has 3 aliphatic rings. The number of anilines is 2. The molecule has 0 saturated carbocycles. The van der Waals surface area contributed by atoms with E-state index in [0.29, 0.717) is 62.6 Å². The highest BCUT2D eigenvalue weighted by atomic mass is 19.4. The van der Waals surface area contributed by atoms with Crippen LogP contribution in [-0.2, 0) is 4.79 Å². The zero-order chi connectivity index (χ0) is 27.1. The van der Waals surface area contributed by atoms with E-state index < -0.39 is 12.1 Å². The Bertz CT molecular complexity index is 1300. The Morgan fingerprint density at radius 3 is 2.49 bits per heavy atom. The van der Waals surface area contributed by atoms with Gasteiger partial charge in [-0.1, -0.05) is 0 Å².